The highest BCUT2D eigenvalue weighted by atomic mass is 16.6. The molecule has 0 amide bonds. The molecular formula is C26H23NO5. The van der Waals surface area contributed by atoms with Crippen LogP contribution in [0.1, 0.15) is 23.6 Å². The van der Waals surface area contributed by atoms with Crippen LogP contribution in [0.25, 0.3) is 6.08 Å². The van der Waals surface area contributed by atoms with E-state index in [0.717, 1.165) is 16.7 Å². The van der Waals surface area contributed by atoms with Crippen LogP contribution in [0.5, 0.6) is 17.2 Å². The highest BCUT2D eigenvalue weighted by Crippen LogP contribution is 2.29. The van der Waals surface area contributed by atoms with E-state index in [0.29, 0.717) is 36.4 Å². The second kappa shape index (κ2) is 9.83. The van der Waals surface area contributed by atoms with Crippen LogP contribution in [0.15, 0.2) is 83.5 Å². The molecule has 0 N–H and O–H groups in total. The Morgan fingerprint density at radius 3 is 2.31 bits per heavy atom. The molecule has 0 aliphatic carbocycles. The van der Waals surface area contributed by atoms with Crippen LogP contribution < -0.4 is 14.2 Å². The number of aliphatic imine (C=N–C) groups is 1. The quantitative estimate of drug-likeness (QED) is 0.365. The van der Waals surface area contributed by atoms with Gasteiger partial charge < -0.3 is 18.9 Å². The van der Waals surface area contributed by atoms with Crippen LogP contribution in [0.3, 0.4) is 0 Å². The van der Waals surface area contributed by atoms with E-state index in [1.165, 1.54) is 0 Å². The fourth-order valence-corrected chi connectivity index (χ4v) is 3.16. The van der Waals surface area contributed by atoms with Gasteiger partial charge in [-0.15, -0.1) is 0 Å². The van der Waals surface area contributed by atoms with Gasteiger partial charge in [-0.05, 0) is 47.0 Å². The first kappa shape index (κ1) is 21.2. The molecule has 4 rings (SSSR count). The van der Waals surface area contributed by atoms with Gasteiger partial charge in [0.25, 0.3) is 0 Å². The number of rotatable bonds is 8. The average Bonchev–Trinajstić information content (AvgIpc) is 3.14. The molecule has 6 heteroatoms. The van der Waals surface area contributed by atoms with Crippen molar-refractivity contribution >= 4 is 17.9 Å². The van der Waals surface area contributed by atoms with Gasteiger partial charge in [0, 0.05) is 6.92 Å². The Morgan fingerprint density at radius 1 is 0.875 bits per heavy atom. The lowest BCUT2D eigenvalue weighted by atomic mass is 10.2. The third-order valence-electron chi connectivity index (χ3n) is 4.78. The number of hydrogen-bond acceptors (Lipinski definition) is 6. The molecule has 0 saturated carbocycles. The summed E-state index contributed by atoms with van der Waals surface area (Å²) in [4.78, 5) is 15.7. The van der Waals surface area contributed by atoms with Crippen LogP contribution in [-0.4, -0.2) is 19.0 Å². The summed E-state index contributed by atoms with van der Waals surface area (Å²) in [6.07, 6.45) is 1.68. The average molecular weight is 429 g/mol. The van der Waals surface area contributed by atoms with E-state index in [-0.39, 0.29) is 5.70 Å². The van der Waals surface area contributed by atoms with E-state index in [1.807, 2.05) is 72.8 Å². The summed E-state index contributed by atoms with van der Waals surface area (Å²) in [5.74, 6) is 1.97. The molecule has 1 heterocycles. The molecule has 1 aliphatic heterocycles. The smallest absolute Gasteiger partial charge is 0.363 e. The lowest BCUT2D eigenvalue weighted by molar-refractivity contribution is -0.130. The van der Waals surface area contributed by atoms with Gasteiger partial charge in [0.2, 0.25) is 0 Å². The Morgan fingerprint density at radius 2 is 1.62 bits per heavy atom. The van der Waals surface area contributed by atoms with E-state index >= 15 is 0 Å². The monoisotopic (exact) mass is 429 g/mol. The minimum absolute atomic E-state index is 0.290. The van der Waals surface area contributed by atoms with Crippen molar-refractivity contribution < 1.29 is 23.7 Å². The number of benzene rings is 3. The molecular weight excluding hydrogens is 406 g/mol. The van der Waals surface area contributed by atoms with Gasteiger partial charge in [-0.2, -0.15) is 0 Å². The fraction of sp³-hybridized carbons (Fsp3) is 0.154. The summed E-state index contributed by atoms with van der Waals surface area (Å²) < 4.78 is 22.2. The van der Waals surface area contributed by atoms with E-state index < -0.39 is 5.97 Å². The van der Waals surface area contributed by atoms with Crippen molar-refractivity contribution in [2.45, 2.75) is 20.1 Å². The maximum Gasteiger partial charge on any atom is 0.363 e. The number of cyclic esters (lactones) is 1. The van der Waals surface area contributed by atoms with Crippen molar-refractivity contribution in [3.63, 3.8) is 0 Å². The lowest BCUT2D eigenvalue weighted by Crippen LogP contribution is -2.00. The van der Waals surface area contributed by atoms with Crippen molar-refractivity contribution in [2.75, 3.05) is 7.11 Å². The lowest BCUT2D eigenvalue weighted by Gasteiger charge is -2.13. The topological polar surface area (TPSA) is 66.3 Å². The van der Waals surface area contributed by atoms with Crippen LogP contribution in [0.4, 0.5) is 0 Å². The number of carbonyl (C=O) groups excluding carboxylic acids is 1. The third kappa shape index (κ3) is 5.35. The Labute approximate surface area is 186 Å². The normalized spacial score (nSPS) is 14.1. The third-order valence-corrected chi connectivity index (χ3v) is 4.78. The highest BCUT2D eigenvalue weighted by Gasteiger charge is 2.19. The summed E-state index contributed by atoms with van der Waals surface area (Å²) >= 11 is 0. The van der Waals surface area contributed by atoms with E-state index in [9.17, 15) is 4.79 Å². The van der Waals surface area contributed by atoms with Gasteiger partial charge in [-0.1, -0.05) is 48.5 Å². The first-order valence-electron chi connectivity index (χ1n) is 10.2. The van der Waals surface area contributed by atoms with Gasteiger partial charge in [-0.25, -0.2) is 9.79 Å². The summed E-state index contributed by atoms with van der Waals surface area (Å²) in [5.41, 5.74) is 3.17. The molecule has 3 aromatic carbocycles. The van der Waals surface area contributed by atoms with E-state index in [4.69, 9.17) is 18.9 Å². The van der Waals surface area contributed by atoms with Crippen LogP contribution in [0, 0.1) is 0 Å². The molecule has 0 bridgehead atoms. The van der Waals surface area contributed by atoms with E-state index in [1.54, 1.807) is 20.1 Å². The predicted molar refractivity (Wildman–Crippen MR) is 122 cm³/mol. The zero-order valence-electron chi connectivity index (χ0n) is 17.9. The Hall–Kier alpha value is -4.06. The molecule has 0 radical (unpaired) electrons. The van der Waals surface area contributed by atoms with Crippen molar-refractivity contribution in [3.8, 4) is 17.2 Å². The summed E-state index contributed by atoms with van der Waals surface area (Å²) in [7, 11) is 1.62. The van der Waals surface area contributed by atoms with Crippen molar-refractivity contribution in [1.29, 1.82) is 0 Å². The van der Waals surface area contributed by atoms with Crippen molar-refractivity contribution in [3.05, 3.63) is 95.2 Å². The standard InChI is InChI=1S/C26H23NO5/c1-18-27-23(26(28)32-18)14-19-8-11-22(12-9-19)30-17-21-10-13-24(25(15-21)29-2)31-16-20-6-4-3-5-7-20/h3-15H,16-17H2,1-2H3. The minimum Gasteiger partial charge on any atom is -0.493 e. The van der Waals surface area contributed by atoms with Gasteiger partial charge in [0.05, 0.1) is 7.11 Å². The number of ether oxygens (including phenoxy) is 4. The van der Waals surface area contributed by atoms with Gasteiger partial charge in [0.15, 0.2) is 23.1 Å². The zero-order chi connectivity index (χ0) is 22.3. The molecule has 6 nitrogen and oxygen atoms in total. The van der Waals surface area contributed by atoms with Crippen LogP contribution in [0.2, 0.25) is 0 Å². The van der Waals surface area contributed by atoms with Gasteiger partial charge in [0.1, 0.15) is 19.0 Å². The molecule has 3 aromatic rings. The number of esters is 1. The Bertz CT molecular complexity index is 1150. The summed E-state index contributed by atoms with van der Waals surface area (Å²) in [6.45, 7) is 2.50. The van der Waals surface area contributed by atoms with Crippen molar-refractivity contribution in [1.82, 2.24) is 0 Å². The van der Waals surface area contributed by atoms with Gasteiger partial charge in [-0.3, -0.25) is 0 Å². The molecule has 1 aliphatic rings. The Kier molecular flexibility index (Phi) is 6.51. The van der Waals surface area contributed by atoms with Gasteiger partial charge >= 0.3 is 5.97 Å². The predicted octanol–water partition coefficient (Wildman–Crippen LogP) is 5.17. The molecule has 0 saturated heterocycles. The first-order valence-corrected chi connectivity index (χ1v) is 10.2. The SMILES string of the molecule is COc1cc(COc2ccc(C=C3N=C(C)OC3=O)cc2)ccc1OCc1ccccc1. The summed E-state index contributed by atoms with van der Waals surface area (Å²) in [6, 6.07) is 23.1. The largest absolute Gasteiger partial charge is 0.493 e. The Balaban J connectivity index is 1.36. The fourth-order valence-electron chi connectivity index (χ4n) is 3.16. The number of hydrogen-bond donors (Lipinski definition) is 0. The molecule has 0 unspecified atom stereocenters. The summed E-state index contributed by atoms with van der Waals surface area (Å²) in [5, 5.41) is 0. The molecule has 32 heavy (non-hydrogen) atoms. The van der Waals surface area contributed by atoms with Crippen molar-refractivity contribution in [2.24, 2.45) is 4.99 Å². The maximum atomic E-state index is 11.7. The molecule has 0 aromatic heterocycles. The van der Waals surface area contributed by atoms with E-state index in [2.05, 4.69) is 4.99 Å². The molecule has 0 atom stereocenters. The number of methoxy groups -OCH3 is 1. The number of carbonyl (C=O) groups is 1. The zero-order valence-corrected chi connectivity index (χ0v) is 17.9. The molecule has 0 fully saturated rings. The van der Waals surface area contributed by atoms with Crippen LogP contribution >= 0.6 is 0 Å². The molecule has 0 spiro atoms. The second-order valence-corrected chi connectivity index (χ2v) is 7.17. The number of nitrogens with zero attached hydrogens (tertiary/aromatic N) is 1. The molecule has 162 valence electrons. The minimum atomic E-state index is -0.437. The first-order chi connectivity index (χ1) is 15.6. The maximum absolute atomic E-state index is 11.7. The second-order valence-electron chi connectivity index (χ2n) is 7.17. The highest BCUT2D eigenvalue weighted by molar-refractivity contribution is 6.06. The van der Waals surface area contributed by atoms with Crippen LogP contribution in [-0.2, 0) is 22.7 Å².